The van der Waals surface area contributed by atoms with Crippen LogP contribution < -0.4 is 5.32 Å². The number of fused-ring (bicyclic) bond motifs is 2. The molecule has 2 aromatic heterocycles. The van der Waals surface area contributed by atoms with Gasteiger partial charge in [0, 0.05) is 56.7 Å². The molecule has 0 aliphatic carbocycles. The van der Waals surface area contributed by atoms with E-state index in [0.717, 1.165) is 53.1 Å². The Bertz CT molecular complexity index is 1520. The van der Waals surface area contributed by atoms with Crippen LogP contribution in [0, 0.1) is 0 Å². The van der Waals surface area contributed by atoms with Crippen LogP contribution in [0.4, 0.5) is 0 Å². The first-order valence-electron chi connectivity index (χ1n) is 14.2. The second kappa shape index (κ2) is 9.79. The number of amides is 3. The molecule has 0 saturated carbocycles. The van der Waals surface area contributed by atoms with Gasteiger partial charge in [0.1, 0.15) is 11.9 Å². The van der Waals surface area contributed by atoms with Crippen molar-refractivity contribution in [1.29, 1.82) is 0 Å². The van der Waals surface area contributed by atoms with Crippen LogP contribution in [0.15, 0.2) is 36.5 Å². The molecule has 4 aliphatic rings. The van der Waals surface area contributed by atoms with E-state index in [1.807, 2.05) is 17.0 Å². The van der Waals surface area contributed by atoms with Crippen LogP contribution in [0.1, 0.15) is 61.6 Å². The lowest BCUT2D eigenvalue weighted by Crippen LogP contribution is -2.51. The van der Waals surface area contributed by atoms with Gasteiger partial charge in [-0.2, -0.15) is 0 Å². The number of likely N-dealkylation sites (tertiary alicyclic amines) is 2. The fourth-order valence-corrected chi connectivity index (χ4v) is 6.74. The molecule has 10 nitrogen and oxygen atoms in total. The molecule has 2 N–H and O–H groups in total. The number of aromatic nitrogens is 2. The van der Waals surface area contributed by atoms with Crippen molar-refractivity contribution in [3.63, 3.8) is 0 Å². The number of nitrogens with one attached hydrogen (secondary N) is 1. The van der Waals surface area contributed by atoms with Gasteiger partial charge < -0.3 is 14.6 Å². The zero-order chi connectivity index (χ0) is 27.5. The Morgan fingerprint density at radius 2 is 1.93 bits per heavy atom. The van der Waals surface area contributed by atoms with Crippen LogP contribution in [0.3, 0.4) is 0 Å². The molecule has 3 aromatic rings. The molecule has 6 heterocycles. The Morgan fingerprint density at radius 3 is 2.67 bits per heavy atom. The minimum Gasteiger partial charge on any atom is -0.374 e. The van der Waals surface area contributed by atoms with Crippen molar-refractivity contribution in [2.24, 2.45) is 0 Å². The van der Waals surface area contributed by atoms with Crippen LogP contribution in [-0.4, -0.2) is 79.3 Å². The lowest BCUT2D eigenvalue weighted by atomic mass is 10.0. The largest absolute Gasteiger partial charge is 0.374 e. The van der Waals surface area contributed by atoms with Gasteiger partial charge in [0.2, 0.25) is 17.7 Å². The first-order valence-corrected chi connectivity index (χ1v) is 14.2. The summed E-state index contributed by atoms with van der Waals surface area (Å²) >= 11 is 0. The number of hydrogen-bond acceptors (Lipinski definition) is 7. The average molecular weight is 543 g/mol. The summed E-state index contributed by atoms with van der Waals surface area (Å²) in [5.74, 6) is -0.508. The number of carbonyl (C=O) groups is 3. The number of imide groups is 1. The highest BCUT2D eigenvalue weighted by atomic mass is 16.3. The molecule has 0 radical (unpaired) electrons. The molecule has 3 amide bonds. The predicted molar refractivity (Wildman–Crippen MR) is 148 cm³/mol. The Labute approximate surface area is 232 Å². The van der Waals surface area contributed by atoms with Crippen molar-refractivity contribution in [3.05, 3.63) is 53.2 Å². The maximum absolute atomic E-state index is 12.5. The number of nitrogens with zero attached hydrogens (tertiary/aromatic N) is 5. The van der Waals surface area contributed by atoms with Crippen molar-refractivity contribution >= 4 is 28.8 Å². The van der Waals surface area contributed by atoms with Crippen LogP contribution in [0.2, 0.25) is 0 Å². The molecule has 4 aliphatic heterocycles. The average Bonchev–Trinajstić information content (AvgIpc) is 3.63. The summed E-state index contributed by atoms with van der Waals surface area (Å²) in [6, 6.07) is 10.0. The maximum atomic E-state index is 12.5. The molecule has 208 valence electrons. The third-order valence-electron chi connectivity index (χ3n) is 9.06. The predicted octanol–water partition coefficient (Wildman–Crippen LogP) is 2.31. The Kier molecular flexibility index (Phi) is 6.21. The van der Waals surface area contributed by atoms with Gasteiger partial charge in [-0.3, -0.25) is 29.5 Å². The topological polar surface area (TPSA) is 111 Å². The second-order valence-electron chi connectivity index (χ2n) is 11.6. The van der Waals surface area contributed by atoms with E-state index in [0.29, 0.717) is 26.1 Å². The zero-order valence-electron chi connectivity index (χ0n) is 22.7. The first-order chi connectivity index (χ1) is 19.4. The van der Waals surface area contributed by atoms with Gasteiger partial charge in [0.25, 0.3) is 0 Å². The monoisotopic (exact) mass is 542 g/mol. The standard InChI is InChI=1S/C30H34N6O4/c1-18(37)34-16-22(17-34)35-11-8-23-21(14-33-9-2-3-10-33)13-25(31-28(23)35)19-4-5-24-20(12-19)15-36(30(24)40)26-6-7-27(38)32-29(26)39/h4-5,8,11-13,22,26,30,40H,2-3,6-7,9-10,14-17H2,1H3,(H,32,38,39). The Morgan fingerprint density at radius 1 is 1.12 bits per heavy atom. The van der Waals surface area contributed by atoms with Crippen LogP contribution in [-0.2, 0) is 27.5 Å². The lowest BCUT2D eigenvalue weighted by molar-refractivity contribution is -0.142. The molecular formula is C30H34N6O4. The number of aliphatic hydroxyl groups is 1. The van der Waals surface area contributed by atoms with Crippen molar-refractivity contribution in [2.75, 3.05) is 26.2 Å². The molecule has 1 aromatic carbocycles. The molecule has 40 heavy (non-hydrogen) atoms. The zero-order valence-corrected chi connectivity index (χ0v) is 22.7. The summed E-state index contributed by atoms with van der Waals surface area (Å²) in [5, 5.41) is 14.6. The third-order valence-corrected chi connectivity index (χ3v) is 9.06. The van der Waals surface area contributed by atoms with E-state index in [1.165, 1.54) is 18.4 Å². The highest BCUT2D eigenvalue weighted by molar-refractivity contribution is 6.00. The fourth-order valence-electron chi connectivity index (χ4n) is 6.74. The fraction of sp³-hybridized carbons (Fsp3) is 0.467. The summed E-state index contributed by atoms with van der Waals surface area (Å²) in [4.78, 5) is 47.2. The first kappa shape index (κ1) is 25.4. The second-order valence-corrected chi connectivity index (χ2v) is 11.6. The van der Waals surface area contributed by atoms with E-state index in [9.17, 15) is 19.5 Å². The number of carbonyl (C=O) groups excluding carboxylic acids is 3. The van der Waals surface area contributed by atoms with Gasteiger partial charge in [0.15, 0.2) is 0 Å². The van der Waals surface area contributed by atoms with E-state index in [2.05, 4.69) is 39.2 Å². The molecule has 7 rings (SSSR count). The normalized spacial score (nSPS) is 24.0. The smallest absolute Gasteiger partial charge is 0.244 e. The summed E-state index contributed by atoms with van der Waals surface area (Å²) in [6.45, 7) is 6.50. The van der Waals surface area contributed by atoms with Crippen LogP contribution in [0.5, 0.6) is 0 Å². The van der Waals surface area contributed by atoms with Crippen molar-refractivity contribution in [1.82, 2.24) is 29.6 Å². The van der Waals surface area contributed by atoms with E-state index < -0.39 is 12.3 Å². The van der Waals surface area contributed by atoms with E-state index in [1.54, 1.807) is 11.8 Å². The molecule has 10 heteroatoms. The lowest BCUT2D eigenvalue weighted by Gasteiger charge is -2.39. The minimum absolute atomic E-state index is 0.0998. The van der Waals surface area contributed by atoms with Crippen molar-refractivity contribution < 1.29 is 19.5 Å². The van der Waals surface area contributed by atoms with Gasteiger partial charge in [0.05, 0.1) is 17.8 Å². The van der Waals surface area contributed by atoms with E-state index in [4.69, 9.17) is 4.98 Å². The quantitative estimate of drug-likeness (QED) is 0.476. The molecule has 0 bridgehead atoms. The summed E-state index contributed by atoms with van der Waals surface area (Å²) in [6.07, 6.45) is 4.34. The van der Waals surface area contributed by atoms with Gasteiger partial charge in [-0.1, -0.05) is 12.1 Å². The van der Waals surface area contributed by atoms with Gasteiger partial charge >= 0.3 is 0 Å². The number of pyridine rings is 1. The molecule has 0 spiro atoms. The molecule has 2 atom stereocenters. The van der Waals surface area contributed by atoms with Gasteiger partial charge in [-0.15, -0.1) is 0 Å². The number of piperidine rings is 1. The van der Waals surface area contributed by atoms with E-state index >= 15 is 0 Å². The Hall–Kier alpha value is -3.60. The minimum atomic E-state index is -0.894. The third kappa shape index (κ3) is 4.31. The number of benzene rings is 1. The molecule has 3 saturated heterocycles. The van der Waals surface area contributed by atoms with Gasteiger partial charge in [-0.05, 0) is 67.2 Å². The molecular weight excluding hydrogens is 508 g/mol. The molecule has 3 fully saturated rings. The number of aliphatic hydroxyl groups excluding tert-OH is 1. The SMILES string of the molecule is CC(=O)N1CC(n2ccc3c(CN4CCCC4)cc(-c4ccc5c(c4)CN(C4CCC(=O)NC4=O)C5O)nc32)C1. The molecule has 2 unspecified atom stereocenters. The van der Waals surface area contributed by atoms with Crippen LogP contribution >= 0.6 is 0 Å². The van der Waals surface area contributed by atoms with Crippen LogP contribution in [0.25, 0.3) is 22.3 Å². The highest BCUT2D eigenvalue weighted by Crippen LogP contribution is 2.38. The Balaban J connectivity index is 1.23. The summed E-state index contributed by atoms with van der Waals surface area (Å²) < 4.78 is 2.22. The highest BCUT2D eigenvalue weighted by Gasteiger charge is 2.40. The summed E-state index contributed by atoms with van der Waals surface area (Å²) in [7, 11) is 0. The van der Waals surface area contributed by atoms with Crippen molar-refractivity contribution in [3.8, 4) is 11.3 Å². The van der Waals surface area contributed by atoms with E-state index in [-0.39, 0.29) is 30.2 Å². The van der Waals surface area contributed by atoms with Crippen molar-refractivity contribution in [2.45, 2.75) is 64.0 Å². The number of hydrogen-bond donors (Lipinski definition) is 2. The van der Waals surface area contributed by atoms with Gasteiger partial charge in [-0.25, -0.2) is 4.98 Å². The summed E-state index contributed by atoms with van der Waals surface area (Å²) in [5.41, 5.74) is 5.77. The maximum Gasteiger partial charge on any atom is 0.244 e. The number of rotatable bonds is 5.